The number of carbonyl (C=O) groups is 1. The van der Waals surface area contributed by atoms with E-state index in [4.69, 9.17) is 4.74 Å². The molecule has 14 heavy (non-hydrogen) atoms. The van der Waals surface area contributed by atoms with E-state index in [-0.39, 0.29) is 5.91 Å². The van der Waals surface area contributed by atoms with Crippen molar-refractivity contribution < 1.29 is 9.53 Å². The summed E-state index contributed by atoms with van der Waals surface area (Å²) in [4.78, 5) is 12.7. The summed E-state index contributed by atoms with van der Waals surface area (Å²) < 4.78 is 5.34. The molecule has 0 saturated carbocycles. The van der Waals surface area contributed by atoms with Crippen LogP contribution in [-0.2, 0) is 4.79 Å². The molecule has 3 heteroatoms. The van der Waals surface area contributed by atoms with Crippen molar-refractivity contribution in [2.45, 2.75) is 13.8 Å². The Kier molecular flexibility index (Phi) is 3.51. The smallest absolute Gasteiger partial charge is 0.223 e. The van der Waals surface area contributed by atoms with Crippen LogP contribution < -0.4 is 9.64 Å². The van der Waals surface area contributed by atoms with Crippen LogP contribution in [0, 0.1) is 0 Å². The van der Waals surface area contributed by atoms with E-state index in [1.165, 1.54) is 6.92 Å². The standard InChI is InChI=1S/C11H15NO2/c1-4-14-11-7-5-6-10(8-11)12(3)9(2)13/h5-8H,4H2,1-3H3. The minimum absolute atomic E-state index is 0.0126. The van der Waals surface area contributed by atoms with E-state index < -0.39 is 0 Å². The molecule has 1 aromatic rings. The zero-order valence-corrected chi connectivity index (χ0v) is 8.78. The Labute approximate surface area is 84.3 Å². The summed E-state index contributed by atoms with van der Waals surface area (Å²) in [5.74, 6) is 0.803. The summed E-state index contributed by atoms with van der Waals surface area (Å²) >= 11 is 0. The molecular formula is C11H15NO2. The molecule has 0 aliphatic heterocycles. The van der Waals surface area contributed by atoms with Gasteiger partial charge in [0, 0.05) is 25.7 Å². The van der Waals surface area contributed by atoms with Crippen molar-refractivity contribution in [2.24, 2.45) is 0 Å². The molecule has 0 fully saturated rings. The van der Waals surface area contributed by atoms with Gasteiger partial charge >= 0.3 is 0 Å². The van der Waals surface area contributed by atoms with Crippen LogP contribution in [-0.4, -0.2) is 19.6 Å². The van der Waals surface area contributed by atoms with Crippen LogP contribution in [0.25, 0.3) is 0 Å². The summed E-state index contributed by atoms with van der Waals surface area (Å²) in [6, 6.07) is 7.48. The number of amides is 1. The third-order valence-electron chi connectivity index (χ3n) is 1.99. The number of anilines is 1. The van der Waals surface area contributed by atoms with Gasteiger partial charge < -0.3 is 9.64 Å². The Morgan fingerprint density at radius 2 is 2.21 bits per heavy atom. The number of benzene rings is 1. The van der Waals surface area contributed by atoms with Gasteiger partial charge in [-0.3, -0.25) is 4.79 Å². The van der Waals surface area contributed by atoms with E-state index in [1.54, 1.807) is 11.9 Å². The lowest BCUT2D eigenvalue weighted by atomic mass is 10.3. The first-order valence-electron chi connectivity index (χ1n) is 4.62. The molecule has 0 saturated heterocycles. The molecule has 1 aromatic carbocycles. The van der Waals surface area contributed by atoms with E-state index in [9.17, 15) is 4.79 Å². The predicted molar refractivity (Wildman–Crippen MR) is 56.7 cm³/mol. The number of hydrogen-bond acceptors (Lipinski definition) is 2. The van der Waals surface area contributed by atoms with Crippen molar-refractivity contribution in [3.63, 3.8) is 0 Å². The lowest BCUT2D eigenvalue weighted by Crippen LogP contribution is -2.22. The average Bonchev–Trinajstić information content (AvgIpc) is 2.17. The summed E-state index contributed by atoms with van der Waals surface area (Å²) in [6.07, 6.45) is 0. The fraction of sp³-hybridized carbons (Fsp3) is 0.364. The third kappa shape index (κ3) is 2.49. The molecule has 3 nitrogen and oxygen atoms in total. The number of hydrogen-bond donors (Lipinski definition) is 0. The van der Waals surface area contributed by atoms with Gasteiger partial charge in [0.1, 0.15) is 5.75 Å². The van der Waals surface area contributed by atoms with E-state index in [0.717, 1.165) is 11.4 Å². The Hall–Kier alpha value is -1.51. The maximum atomic E-state index is 11.1. The molecule has 0 spiro atoms. The lowest BCUT2D eigenvalue weighted by molar-refractivity contribution is -0.116. The van der Waals surface area contributed by atoms with Gasteiger partial charge in [0.05, 0.1) is 6.61 Å². The Morgan fingerprint density at radius 3 is 2.79 bits per heavy atom. The number of nitrogens with zero attached hydrogens (tertiary/aromatic N) is 1. The second-order valence-electron chi connectivity index (χ2n) is 3.01. The zero-order valence-electron chi connectivity index (χ0n) is 8.78. The van der Waals surface area contributed by atoms with Crippen molar-refractivity contribution in [1.29, 1.82) is 0 Å². The predicted octanol–water partition coefficient (Wildman–Crippen LogP) is 2.07. The van der Waals surface area contributed by atoms with E-state index >= 15 is 0 Å². The second-order valence-corrected chi connectivity index (χ2v) is 3.01. The van der Waals surface area contributed by atoms with Crippen molar-refractivity contribution in [3.8, 4) is 5.75 Å². The van der Waals surface area contributed by atoms with Gasteiger partial charge in [0.15, 0.2) is 0 Å². The van der Waals surface area contributed by atoms with Crippen molar-refractivity contribution >= 4 is 11.6 Å². The highest BCUT2D eigenvalue weighted by molar-refractivity contribution is 5.90. The van der Waals surface area contributed by atoms with Gasteiger partial charge in [-0.05, 0) is 19.1 Å². The van der Waals surface area contributed by atoms with Gasteiger partial charge in [-0.15, -0.1) is 0 Å². The number of carbonyl (C=O) groups excluding carboxylic acids is 1. The first kappa shape index (κ1) is 10.6. The third-order valence-corrected chi connectivity index (χ3v) is 1.99. The monoisotopic (exact) mass is 193 g/mol. The first-order valence-corrected chi connectivity index (χ1v) is 4.62. The van der Waals surface area contributed by atoms with Gasteiger partial charge in [-0.25, -0.2) is 0 Å². The van der Waals surface area contributed by atoms with Gasteiger partial charge in [0.25, 0.3) is 0 Å². The summed E-state index contributed by atoms with van der Waals surface area (Å²) in [7, 11) is 1.74. The number of rotatable bonds is 3. The molecule has 0 radical (unpaired) electrons. The fourth-order valence-corrected chi connectivity index (χ4v) is 1.13. The van der Waals surface area contributed by atoms with Crippen LogP contribution in [0.3, 0.4) is 0 Å². The Balaban J connectivity index is 2.87. The molecule has 0 aromatic heterocycles. The molecule has 0 unspecified atom stereocenters. The maximum Gasteiger partial charge on any atom is 0.223 e. The highest BCUT2D eigenvalue weighted by Crippen LogP contribution is 2.20. The van der Waals surface area contributed by atoms with E-state index in [0.29, 0.717) is 6.61 Å². The van der Waals surface area contributed by atoms with Gasteiger partial charge in [0.2, 0.25) is 5.91 Å². The normalized spacial score (nSPS) is 9.64. The van der Waals surface area contributed by atoms with Gasteiger partial charge in [-0.1, -0.05) is 6.07 Å². The Bertz CT molecular complexity index is 323. The van der Waals surface area contributed by atoms with E-state index in [1.807, 2.05) is 31.2 Å². The van der Waals surface area contributed by atoms with Gasteiger partial charge in [-0.2, -0.15) is 0 Å². The molecule has 0 aliphatic rings. The highest BCUT2D eigenvalue weighted by Gasteiger charge is 2.05. The number of ether oxygens (including phenoxy) is 1. The molecule has 0 aliphatic carbocycles. The van der Waals surface area contributed by atoms with Crippen LogP contribution in [0.15, 0.2) is 24.3 Å². The van der Waals surface area contributed by atoms with Crippen LogP contribution in [0.1, 0.15) is 13.8 Å². The summed E-state index contributed by atoms with van der Waals surface area (Å²) in [5, 5.41) is 0. The van der Waals surface area contributed by atoms with Crippen molar-refractivity contribution in [3.05, 3.63) is 24.3 Å². The SMILES string of the molecule is CCOc1cccc(N(C)C(C)=O)c1. The second kappa shape index (κ2) is 4.65. The van der Waals surface area contributed by atoms with Crippen molar-refractivity contribution in [2.75, 3.05) is 18.6 Å². The maximum absolute atomic E-state index is 11.1. The summed E-state index contributed by atoms with van der Waals surface area (Å²) in [5.41, 5.74) is 0.850. The molecule has 0 N–H and O–H groups in total. The molecule has 0 bridgehead atoms. The lowest BCUT2D eigenvalue weighted by Gasteiger charge is -2.15. The first-order chi connectivity index (χ1) is 6.65. The Morgan fingerprint density at radius 1 is 1.50 bits per heavy atom. The molecule has 0 atom stereocenters. The van der Waals surface area contributed by atoms with E-state index in [2.05, 4.69) is 0 Å². The minimum atomic E-state index is 0.0126. The van der Waals surface area contributed by atoms with Crippen LogP contribution in [0.4, 0.5) is 5.69 Å². The molecule has 76 valence electrons. The molecule has 1 rings (SSSR count). The highest BCUT2D eigenvalue weighted by atomic mass is 16.5. The van der Waals surface area contributed by atoms with Crippen molar-refractivity contribution in [1.82, 2.24) is 0 Å². The molecular weight excluding hydrogens is 178 g/mol. The minimum Gasteiger partial charge on any atom is -0.494 e. The quantitative estimate of drug-likeness (QED) is 0.735. The average molecular weight is 193 g/mol. The topological polar surface area (TPSA) is 29.5 Å². The van der Waals surface area contributed by atoms with Crippen LogP contribution in [0.2, 0.25) is 0 Å². The van der Waals surface area contributed by atoms with Crippen LogP contribution in [0.5, 0.6) is 5.75 Å². The fourth-order valence-electron chi connectivity index (χ4n) is 1.13. The molecule has 0 heterocycles. The zero-order chi connectivity index (χ0) is 10.6. The van der Waals surface area contributed by atoms with Crippen LogP contribution >= 0.6 is 0 Å². The molecule has 1 amide bonds. The largest absolute Gasteiger partial charge is 0.494 e. The summed E-state index contributed by atoms with van der Waals surface area (Å²) in [6.45, 7) is 4.10.